The fourth-order valence-corrected chi connectivity index (χ4v) is 4.10. The highest BCUT2D eigenvalue weighted by molar-refractivity contribution is 6.07. The average Bonchev–Trinajstić information content (AvgIpc) is 3.16. The molecular formula is C26H25N5O3. The lowest BCUT2D eigenvalue weighted by Crippen LogP contribution is -2.65. The van der Waals surface area contributed by atoms with Crippen LogP contribution in [0.4, 0.5) is 22.7 Å². The van der Waals surface area contributed by atoms with Crippen LogP contribution < -0.4 is 20.4 Å². The maximum Gasteiger partial charge on any atom is 0.305 e. The summed E-state index contributed by atoms with van der Waals surface area (Å²) >= 11 is 0. The Hall–Kier alpha value is -4.51. The molecule has 1 amide bonds. The Bertz CT molecular complexity index is 1220. The van der Waals surface area contributed by atoms with Gasteiger partial charge in [-0.3, -0.25) is 9.59 Å². The average molecular weight is 456 g/mol. The summed E-state index contributed by atoms with van der Waals surface area (Å²) in [5, 5.41) is 25.1. The summed E-state index contributed by atoms with van der Waals surface area (Å²) in [4.78, 5) is 29.0. The van der Waals surface area contributed by atoms with Gasteiger partial charge in [-0.2, -0.15) is 5.26 Å². The summed E-state index contributed by atoms with van der Waals surface area (Å²) in [7, 11) is 1.84. The van der Waals surface area contributed by atoms with Gasteiger partial charge in [-0.15, -0.1) is 0 Å². The van der Waals surface area contributed by atoms with Crippen LogP contribution in [0.1, 0.15) is 12.0 Å². The second-order valence-corrected chi connectivity index (χ2v) is 8.04. The van der Waals surface area contributed by atoms with E-state index in [1.165, 1.54) is 4.90 Å². The third kappa shape index (κ3) is 4.36. The Kier molecular flexibility index (Phi) is 6.37. The lowest BCUT2D eigenvalue weighted by Gasteiger charge is -2.40. The van der Waals surface area contributed by atoms with E-state index in [9.17, 15) is 14.7 Å². The summed E-state index contributed by atoms with van der Waals surface area (Å²) < 4.78 is 0. The molecule has 3 N–H and O–H groups in total. The number of carbonyl (C=O) groups excluding carboxylic acids is 1. The van der Waals surface area contributed by atoms with Crippen LogP contribution >= 0.6 is 0 Å². The molecule has 1 atom stereocenters. The normalized spacial score (nSPS) is 16.2. The first-order valence-corrected chi connectivity index (χ1v) is 10.9. The number of carbonyl (C=O) groups is 2. The van der Waals surface area contributed by atoms with Crippen molar-refractivity contribution in [1.82, 2.24) is 0 Å². The van der Waals surface area contributed by atoms with E-state index in [0.717, 1.165) is 17.1 Å². The summed E-state index contributed by atoms with van der Waals surface area (Å²) in [6.45, 7) is 0.224. The Morgan fingerprint density at radius 2 is 1.74 bits per heavy atom. The van der Waals surface area contributed by atoms with Gasteiger partial charge >= 0.3 is 5.97 Å². The number of nitrogens with one attached hydrogen (secondary N) is 2. The van der Waals surface area contributed by atoms with Crippen molar-refractivity contribution in [3.63, 3.8) is 0 Å². The minimum Gasteiger partial charge on any atom is -0.481 e. The highest BCUT2D eigenvalue weighted by Crippen LogP contribution is 2.40. The largest absolute Gasteiger partial charge is 0.481 e. The van der Waals surface area contributed by atoms with E-state index in [1.54, 1.807) is 36.4 Å². The molecule has 8 heteroatoms. The number of hydrogen-bond acceptors (Lipinski definition) is 6. The number of benzene rings is 3. The van der Waals surface area contributed by atoms with Crippen LogP contribution in [0.2, 0.25) is 0 Å². The van der Waals surface area contributed by atoms with Gasteiger partial charge in [-0.1, -0.05) is 30.3 Å². The van der Waals surface area contributed by atoms with E-state index >= 15 is 0 Å². The Morgan fingerprint density at radius 1 is 1.06 bits per heavy atom. The number of amides is 1. The number of carboxylic acid groups (broad SMARTS) is 1. The minimum absolute atomic E-state index is 0.0304. The second kappa shape index (κ2) is 9.55. The van der Waals surface area contributed by atoms with E-state index in [1.807, 2.05) is 54.4 Å². The number of para-hydroxylation sites is 3. The number of rotatable bonds is 8. The SMILES string of the molecule is CN1c2ccccc2NC1(CNc1ccc(C#N)cc1)C(=O)N(CCC(=O)O)c1ccccc1. The van der Waals surface area contributed by atoms with Crippen molar-refractivity contribution in [2.45, 2.75) is 12.1 Å². The molecule has 0 saturated heterocycles. The van der Waals surface area contributed by atoms with Crippen molar-refractivity contribution < 1.29 is 14.7 Å². The van der Waals surface area contributed by atoms with Crippen LogP contribution in [0.25, 0.3) is 0 Å². The molecule has 0 aliphatic carbocycles. The molecule has 34 heavy (non-hydrogen) atoms. The van der Waals surface area contributed by atoms with Crippen molar-refractivity contribution >= 4 is 34.6 Å². The lowest BCUT2D eigenvalue weighted by molar-refractivity contribution is -0.136. The van der Waals surface area contributed by atoms with Crippen molar-refractivity contribution in [1.29, 1.82) is 5.26 Å². The van der Waals surface area contributed by atoms with Crippen molar-refractivity contribution in [2.24, 2.45) is 0 Å². The number of aliphatic carboxylic acids is 1. The molecular weight excluding hydrogens is 430 g/mol. The summed E-state index contributed by atoms with van der Waals surface area (Å²) in [5.41, 5.74) is 2.39. The van der Waals surface area contributed by atoms with Gasteiger partial charge in [-0.25, -0.2) is 0 Å². The maximum atomic E-state index is 14.2. The molecule has 1 heterocycles. The maximum absolute atomic E-state index is 14.2. The summed E-state index contributed by atoms with van der Waals surface area (Å²) in [5.74, 6) is -1.26. The van der Waals surface area contributed by atoms with Gasteiger partial charge in [-0.05, 0) is 48.5 Å². The first kappa shape index (κ1) is 22.7. The van der Waals surface area contributed by atoms with Crippen LogP contribution in [-0.4, -0.2) is 42.8 Å². The molecule has 0 saturated carbocycles. The topological polar surface area (TPSA) is 109 Å². The lowest BCUT2D eigenvalue weighted by atomic mass is 10.1. The first-order valence-electron chi connectivity index (χ1n) is 10.9. The zero-order valence-electron chi connectivity index (χ0n) is 18.7. The molecule has 3 aromatic rings. The predicted molar refractivity (Wildman–Crippen MR) is 132 cm³/mol. The van der Waals surface area contributed by atoms with E-state index in [0.29, 0.717) is 11.3 Å². The number of anilines is 4. The van der Waals surface area contributed by atoms with Crippen molar-refractivity contribution in [3.8, 4) is 6.07 Å². The van der Waals surface area contributed by atoms with E-state index in [2.05, 4.69) is 16.7 Å². The van der Waals surface area contributed by atoms with Crippen LogP contribution in [-0.2, 0) is 9.59 Å². The van der Waals surface area contributed by atoms with Gasteiger partial charge in [0, 0.05) is 25.0 Å². The third-order valence-electron chi connectivity index (χ3n) is 5.96. The molecule has 1 unspecified atom stereocenters. The fraction of sp³-hybridized carbons (Fsp3) is 0.192. The van der Waals surface area contributed by atoms with Crippen LogP contribution in [0.15, 0.2) is 78.9 Å². The number of nitrogens with zero attached hydrogens (tertiary/aromatic N) is 3. The number of nitriles is 1. The summed E-state index contributed by atoms with van der Waals surface area (Å²) in [6, 6.07) is 25.8. The van der Waals surface area contributed by atoms with E-state index in [-0.39, 0.29) is 25.4 Å². The predicted octanol–water partition coefficient (Wildman–Crippen LogP) is 3.74. The van der Waals surface area contributed by atoms with Crippen molar-refractivity contribution in [3.05, 3.63) is 84.4 Å². The van der Waals surface area contributed by atoms with Gasteiger partial charge in [0.05, 0.1) is 36.0 Å². The van der Waals surface area contributed by atoms with Gasteiger partial charge in [0.25, 0.3) is 5.91 Å². The van der Waals surface area contributed by atoms with Gasteiger partial charge in [0.2, 0.25) is 5.66 Å². The highest BCUT2D eigenvalue weighted by Gasteiger charge is 2.50. The fourth-order valence-electron chi connectivity index (χ4n) is 4.10. The molecule has 172 valence electrons. The zero-order chi connectivity index (χ0) is 24.1. The molecule has 3 aromatic carbocycles. The molecule has 8 nitrogen and oxygen atoms in total. The smallest absolute Gasteiger partial charge is 0.305 e. The molecule has 1 aliphatic rings. The monoisotopic (exact) mass is 455 g/mol. The van der Waals surface area contributed by atoms with Gasteiger partial charge in [0.1, 0.15) is 0 Å². The number of hydrogen-bond donors (Lipinski definition) is 3. The van der Waals surface area contributed by atoms with Crippen LogP contribution in [0.5, 0.6) is 0 Å². The van der Waals surface area contributed by atoms with Crippen molar-refractivity contribution in [2.75, 3.05) is 40.6 Å². The molecule has 4 rings (SSSR count). The van der Waals surface area contributed by atoms with Crippen LogP contribution in [0.3, 0.4) is 0 Å². The second-order valence-electron chi connectivity index (χ2n) is 8.04. The molecule has 0 aromatic heterocycles. The molecule has 0 spiro atoms. The number of carboxylic acids is 1. The number of likely N-dealkylation sites (N-methyl/N-ethyl adjacent to an activating group) is 1. The van der Waals surface area contributed by atoms with Gasteiger partial charge in [0.15, 0.2) is 0 Å². The molecule has 0 radical (unpaired) electrons. The molecule has 0 bridgehead atoms. The molecule has 1 aliphatic heterocycles. The Balaban J connectivity index is 1.71. The number of fused-ring (bicyclic) bond motifs is 1. The quantitative estimate of drug-likeness (QED) is 0.475. The first-order chi connectivity index (χ1) is 16.4. The van der Waals surface area contributed by atoms with Crippen LogP contribution in [0, 0.1) is 11.3 Å². The van der Waals surface area contributed by atoms with E-state index in [4.69, 9.17) is 5.26 Å². The zero-order valence-corrected chi connectivity index (χ0v) is 18.7. The highest BCUT2D eigenvalue weighted by atomic mass is 16.4. The third-order valence-corrected chi connectivity index (χ3v) is 5.96. The Labute approximate surface area is 198 Å². The molecule has 0 fully saturated rings. The Morgan fingerprint density at radius 3 is 2.38 bits per heavy atom. The standard InChI is InChI=1S/C26H25N5O3/c1-30-23-10-6-5-9-22(23)29-26(30,18-28-20-13-11-19(17-27)12-14-20)25(34)31(16-15-24(32)33)21-7-3-2-4-8-21/h2-14,28-29H,15-16,18H2,1H3,(H,32,33). The van der Waals surface area contributed by atoms with E-state index < -0.39 is 11.6 Å². The van der Waals surface area contributed by atoms with Gasteiger partial charge < -0.3 is 25.5 Å². The summed E-state index contributed by atoms with van der Waals surface area (Å²) in [6.07, 6.45) is -0.184. The minimum atomic E-state index is -1.22.